The Morgan fingerprint density at radius 1 is 1.36 bits per heavy atom. The minimum absolute atomic E-state index is 0.00450. The van der Waals surface area contributed by atoms with Crippen LogP contribution in [0.15, 0.2) is 36.4 Å². The lowest BCUT2D eigenvalue weighted by Gasteiger charge is -2.17. The summed E-state index contributed by atoms with van der Waals surface area (Å²) in [4.78, 5) is 22.1. The molecular weight excluding hydrogens is 284 g/mol. The highest BCUT2D eigenvalue weighted by Gasteiger charge is 2.14. The summed E-state index contributed by atoms with van der Waals surface area (Å²) in [5, 5.41) is 13.8. The van der Waals surface area contributed by atoms with Gasteiger partial charge in [0.05, 0.1) is 18.0 Å². The van der Waals surface area contributed by atoms with Crippen LogP contribution in [0, 0.1) is 16.0 Å². The SMILES string of the molecule is O=C(CCNc1ccccc1[N+](=O)[O-])OCC1CC=CCC1. The van der Waals surface area contributed by atoms with Crippen LogP contribution in [0.1, 0.15) is 25.7 Å². The van der Waals surface area contributed by atoms with Gasteiger partial charge < -0.3 is 10.1 Å². The number of hydrogen-bond acceptors (Lipinski definition) is 5. The van der Waals surface area contributed by atoms with Gasteiger partial charge in [-0.1, -0.05) is 24.3 Å². The molecule has 1 unspecified atom stereocenters. The number of nitrogens with zero attached hydrogens (tertiary/aromatic N) is 1. The van der Waals surface area contributed by atoms with Gasteiger partial charge in [-0.2, -0.15) is 0 Å². The molecule has 1 aliphatic rings. The zero-order valence-electron chi connectivity index (χ0n) is 12.4. The first kappa shape index (κ1) is 16.0. The van der Waals surface area contributed by atoms with Crippen LogP contribution < -0.4 is 5.32 Å². The standard InChI is InChI=1S/C16H20N2O4/c19-16(22-12-13-6-2-1-3-7-13)10-11-17-14-8-4-5-9-15(14)18(20)21/h1-2,4-5,8-9,13,17H,3,6-7,10-12H2. The number of carbonyl (C=O) groups excluding carboxylic acids is 1. The van der Waals surface area contributed by atoms with Crippen molar-refractivity contribution < 1.29 is 14.5 Å². The van der Waals surface area contributed by atoms with Gasteiger partial charge in [-0.3, -0.25) is 14.9 Å². The summed E-state index contributed by atoms with van der Waals surface area (Å²) < 4.78 is 5.25. The highest BCUT2D eigenvalue weighted by Crippen LogP contribution is 2.23. The Balaban J connectivity index is 1.71. The lowest BCUT2D eigenvalue weighted by atomic mass is 9.95. The molecule has 0 fully saturated rings. The quantitative estimate of drug-likeness (QED) is 0.362. The number of hydrogen-bond donors (Lipinski definition) is 1. The third-order valence-corrected chi connectivity index (χ3v) is 3.60. The van der Waals surface area contributed by atoms with E-state index in [4.69, 9.17) is 4.74 Å². The minimum atomic E-state index is -0.447. The van der Waals surface area contributed by atoms with Crippen LogP contribution in [-0.4, -0.2) is 24.0 Å². The van der Waals surface area contributed by atoms with Gasteiger partial charge >= 0.3 is 5.97 Å². The Morgan fingerprint density at radius 3 is 2.91 bits per heavy atom. The normalized spacial score (nSPS) is 17.0. The molecule has 0 aromatic heterocycles. The molecule has 0 saturated carbocycles. The molecule has 0 heterocycles. The van der Waals surface area contributed by atoms with Crippen molar-refractivity contribution in [1.82, 2.24) is 0 Å². The van der Waals surface area contributed by atoms with Crippen molar-refractivity contribution in [2.24, 2.45) is 5.92 Å². The number of nitrogens with one attached hydrogen (secondary N) is 1. The van der Waals surface area contributed by atoms with E-state index in [1.54, 1.807) is 18.2 Å². The van der Waals surface area contributed by atoms with Crippen LogP contribution in [0.25, 0.3) is 0 Å². The molecular formula is C16H20N2O4. The Morgan fingerprint density at radius 2 is 2.18 bits per heavy atom. The van der Waals surface area contributed by atoms with Gasteiger partial charge in [-0.05, 0) is 31.2 Å². The van der Waals surface area contributed by atoms with E-state index in [2.05, 4.69) is 17.5 Å². The Labute approximate surface area is 129 Å². The predicted molar refractivity (Wildman–Crippen MR) is 83.6 cm³/mol. The summed E-state index contributed by atoms with van der Waals surface area (Å²) in [5.41, 5.74) is 0.419. The third-order valence-electron chi connectivity index (χ3n) is 3.60. The number of allylic oxidation sites excluding steroid dienone is 2. The van der Waals surface area contributed by atoms with Gasteiger partial charge in [0.25, 0.3) is 5.69 Å². The van der Waals surface area contributed by atoms with Crippen LogP contribution in [0.4, 0.5) is 11.4 Å². The van der Waals surface area contributed by atoms with Crippen molar-refractivity contribution in [2.45, 2.75) is 25.7 Å². The molecule has 0 amide bonds. The van der Waals surface area contributed by atoms with E-state index in [0.717, 1.165) is 19.3 Å². The summed E-state index contributed by atoms with van der Waals surface area (Å²) in [5.74, 6) is 0.137. The molecule has 2 rings (SSSR count). The number of carbonyl (C=O) groups is 1. The van der Waals surface area contributed by atoms with E-state index in [1.807, 2.05) is 0 Å². The van der Waals surface area contributed by atoms with E-state index >= 15 is 0 Å². The lowest BCUT2D eigenvalue weighted by Crippen LogP contribution is -2.17. The fraction of sp³-hybridized carbons (Fsp3) is 0.438. The number of para-hydroxylation sites is 2. The maximum absolute atomic E-state index is 11.7. The minimum Gasteiger partial charge on any atom is -0.465 e. The molecule has 118 valence electrons. The third kappa shape index (κ3) is 4.87. The zero-order valence-corrected chi connectivity index (χ0v) is 12.4. The van der Waals surface area contributed by atoms with Gasteiger partial charge in [-0.25, -0.2) is 0 Å². The number of anilines is 1. The van der Waals surface area contributed by atoms with Gasteiger partial charge in [0, 0.05) is 12.6 Å². The zero-order chi connectivity index (χ0) is 15.8. The molecule has 0 saturated heterocycles. The van der Waals surface area contributed by atoms with Crippen LogP contribution in [0.5, 0.6) is 0 Å². The predicted octanol–water partition coefficient (Wildman–Crippen LogP) is 3.30. The summed E-state index contributed by atoms with van der Waals surface area (Å²) >= 11 is 0. The second-order valence-electron chi connectivity index (χ2n) is 5.28. The number of benzene rings is 1. The smallest absolute Gasteiger partial charge is 0.307 e. The summed E-state index contributed by atoms with van der Waals surface area (Å²) in [7, 11) is 0. The molecule has 6 heteroatoms. The van der Waals surface area contributed by atoms with E-state index < -0.39 is 4.92 Å². The molecule has 1 N–H and O–H groups in total. The Kier molecular flexibility index (Phi) is 5.94. The van der Waals surface area contributed by atoms with Crippen LogP contribution in [-0.2, 0) is 9.53 Å². The average Bonchev–Trinajstić information content (AvgIpc) is 2.54. The number of esters is 1. The topological polar surface area (TPSA) is 81.5 Å². The molecule has 1 aromatic rings. The largest absolute Gasteiger partial charge is 0.465 e. The number of ether oxygens (including phenoxy) is 1. The molecule has 22 heavy (non-hydrogen) atoms. The van der Waals surface area contributed by atoms with Crippen molar-refractivity contribution in [1.29, 1.82) is 0 Å². The first-order chi connectivity index (χ1) is 10.7. The molecule has 1 aromatic carbocycles. The van der Waals surface area contributed by atoms with E-state index in [9.17, 15) is 14.9 Å². The second-order valence-corrected chi connectivity index (χ2v) is 5.28. The van der Waals surface area contributed by atoms with Gasteiger partial charge in [-0.15, -0.1) is 0 Å². The van der Waals surface area contributed by atoms with Gasteiger partial charge in [0.1, 0.15) is 5.69 Å². The molecule has 0 spiro atoms. The molecule has 1 aliphatic carbocycles. The van der Waals surface area contributed by atoms with Crippen molar-refractivity contribution in [2.75, 3.05) is 18.5 Å². The maximum atomic E-state index is 11.7. The molecule has 1 atom stereocenters. The highest BCUT2D eigenvalue weighted by atomic mass is 16.6. The van der Waals surface area contributed by atoms with Crippen LogP contribution in [0.2, 0.25) is 0 Å². The van der Waals surface area contributed by atoms with E-state index in [1.165, 1.54) is 6.07 Å². The average molecular weight is 304 g/mol. The van der Waals surface area contributed by atoms with Crippen molar-refractivity contribution in [3.63, 3.8) is 0 Å². The van der Waals surface area contributed by atoms with E-state index in [0.29, 0.717) is 24.8 Å². The van der Waals surface area contributed by atoms with E-state index in [-0.39, 0.29) is 18.1 Å². The molecule has 0 bridgehead atoms. The lowest BCUT2D eigenvalue weighted by molar-refractivity contribution is -0.384. The number of nitro groups is 1. The van der Waals surface area contributed by atoms with Gasteiger partial charge in [0.2, 0.25) is 0 Å². The molecule has 0 aliphatic heterocycles. The van der Waals surface area contributed by atoms with Crippen LogP contribution in [0.3, 0.4) is 0 Å². The monoisotopic (exact) mass is 304 g/mol. The van der Waals surface area contributed by atoms with Crippen LogP contribution >= 0.6 is 0 Å². The molecule has 0 radical (unpaired) electrons. The number of nitro benzene ring substituents is 1. The molecule has 6 nitrogen and oxygen atoms in total. The van der Waals surface area contributed by atoms with Crippen molar-refractivity contribution in [3.8, 4) is 0 Å². The van der Waals surface area contributed by atoms with Crippen molar-refractivity contribution in [3.05, 3.63) is 46.5 Å². The maximum Gasteiger partial charge on any atom is 0.307 e. The van der Waals surface area contributed by atoms with Crippen molar-refractivity contribution >= 4 is 17.3 Å². The Bertz CT molecular complexity index is 557. The fourth-order valence-corrected chi connectivity index (χ4v) is 2.37. The van der Waals surface area contributed by atoms with Gasteiger partial charge in [0.15, 0.2) is 0 Å². The highest BCUT2D eigenvalue weighted by molar-refractivity contribution is 5.70. The number of rotatable bonds is 7. The first-order valence-electron chi connectivity index (χ1n) is 7.44. The fourth-order valence-electron chi connectivity index (χ4n) is 2.37. The summed E-state index contributed by atoms with van der Waals surface area (Å²) in [6.45, 7) is 0.767. The Hall–Kier alpha value is -2.37. The summed E-state index contributed by atoms with van der Waals surface area (Å²) in [6, 6.07) is 6.37. The second kappa shape index (κ2) is 8.17. The summed E-state index contributed by atoms with van der Waals surface area (Å²) in [6.07, 6.45) is 7.52. The first-order valence-corrected chi connectivity index (χ1v) is 7.44.